The number of amides is 1. The van der Waals surface area contributed by atoms with Gasteiger partial charge in [-0.3, -0.25) is 4.79 Å². The van der Waals surface area contributed by atoms with E-state index in [0.29, 0.717) is 24.5 Å². The fourth-order valence-corrected chi connectivity index (χ4v) is 5.43. The first-order valence-electron chi connectivity index (χ1n) is 12.7. The molecule has 0 spiro atoms. The number of aromatic nitrogens is 3. The third kappa shape index (κ3) is 5.68. The normalized spacial score (nSPS) is 14.3. The Morgan fingerprint density at radius 1 is 1.13 bits per heavy atom. The molecule has 1 aliphatic heterocycles. The molecular weight excluding hydrogens is 522 g/mol. The summed E-state index contributed by atoms with van der Waals surface area (Å²) in [4.78, 5) is 20.1. The highest BCUT2D eigenvalue weighted by Gasteiger charge is 2.25. The van der Waals surface area contributed by atoms with E-state index < -0.39 is 15.9 Å². The lowest BCUT2D eigenvalue weighted by atomic mass is 9.97. The van der Waals surface area contributed by atoms with E-state index in [1.54, 1.807) is 16.8 Å². The first kappa shape index (κ1) is 26.9. The van der Waals surface area contributed by atoms with Crippen molar-refractivity contribution in [2.24, 2.45) is 0 Å². The highest BCUT2D eigenvalue weighted by Crippen LogP contribution is 2.36. The Bertz CT molecular complexity index is 1560. The van der Waals surface area contributed by atoms with Crippen molar-refractivity contribution in [1.29, 1.82) is 0 Å². The summed E-state index contributed by atoms with van der Waals surface area (Å²) in [7, 11) is -2.52. The molecule has 0 atom stereocenters. The van der Waals surface area contributed by atoms with Crippen LogP contribution in [0.3, 0.4) is 0 Å². The van der Waals surface area contributed by atoms with E-state index in [4.69, 9.17) is 19.0 Å². The van der Waals surface area contributed by atoms with Crippen LogP contribution in [0.25, 0.3) is 27.8 Å². The maximum atomic E-state index is 13.2. The van der Waals surface area contributed by atoms with Gasteiger partial charge in [0.1, 0.15) is 17.6 Å². The largest absolute Gasteiger partial charge is 0.470 e. The minimum Gasteiger partial charge on any atom is -0.470 e. The number of fused-ring (bicyclic) bond motifs is 1. The van der Waals surface area contributed by atoms with Crippen LogP contribution < -0.4 is 9.62 Å². The molecule has 1 saturated heterocycles. The fourth-order valence-electron chi connectivity index (χ4n) is 4.56. The maximum absolute atomic E-state index is 13.2. The van der Waals surface area contributed by atoms with Gasteiger partial charge in [-0.25, -0.2) is 22.8 Å². The van der Waals surface area contributed by atoms with E-state index in [0.717, 1.165) is 41.0 Å². The van der Waals surface area contributed by atoms with Crippen LogP contribution in [0.5, 0.6) is 0 Å². The molecule has 1 aliphatic rings. The number of morpholine rings is 1. The molecule has 4 heterocycles. The zero-order valence-corrected chi connectivity index (χ0v) is 22.9. The molecule has 11 nitrogen and oxygen atoms in total. The van der Waals surface area contributed by atoms with Crippen LogP contribution in [0, 0.1) is 0 Å². The molecule has 1 amide bonds. The smallest absolute Gasteiger partial charge is 0.283 e. The van der Waals surface area contributed by atoms with E-state index in [-0.39, 0.29) is 24.0 Å². The summed E-state index contributed by atoms with van der Waals surface area (Å²) in [6, 6.07) is 11.4. The predicted octanol–water partition coefficient (Wildman–Crippen LogP) is 3.35. The third-order valence-corrected chi connectivity index (χ3v) is 7.75. The summed E-state index contributed by atoms with van der Waals surface area (Å²) < 4.78 is 44.2. The summed E-state index contributed by atoms with van der Waals surface area (Å²) in [6.45, 7) is 7.03. The third-order valence-electron chi connectivity index (χ3n) is 6.55. The molecule has 4 aromatic rings. The predicted molar refractivity (Wildman–Crippen MR) is 147 cm³/mol. The number of anilines is 1. The lowest BCUT2D eigenvalue weighted by Gasteiger charge is -2.29. The molecule has 1 N–H and O–H groups in total. The Labute approximate surface area is 226 Å². The van der Waals surface area contributed by atoms with Crippen molar-refractivity contribution in [1.82, 2.24) is 19.5 Å². The molecule has 3 aromatic heterocycles. The monoisotopic (exact) mass is 553 g/mol. The second kappa shape index (κ2) is 11.2. The minimum atomic E-state index is -3.92. The Morgan fingerprint density at radius 3 is 2.51 bits per heavy atom. The SMILES string of the molecule is COCCS(=O)(=O)NC(=O)c1cc(-c2ccc(N3CCOCC3)cc2)c2c(C(C)C)nn(-c3ccoc3)c2n1. The number of pyridine rings is 1. The highest BCUT2D eigenvalue weighted by molar-refractivity contribution is 7.90. The number of benzene rings is 1. The molecule has 0 saturated carbocycles. The molecule has 5 rings (SSSR count). The molecular formula is C27H31N5O6S. The zero-order chi connectivity index (χ0) is 27.6. The summed E-state index contributed by atoms with van der Waals surface area (Å²) in [5.41, 5.74) is 4.47. The topological polar surface area (TPSA) is 129 Å². The maximum Gasteiger partial charge on any atom is 0.283 e. The van der Waals surface area contributed by atoms with Crippen molar-refractivity contribution in [3.05, 3.63) is 60.3 Å². The van der Waals surface area contributed by atoms with Crippen molar-refractivity contribution in [2.75, 3.05) is 50.7 Å². The Balaban J connectivity index is 1.65. The molecule has 39 heavy (non-hydrogen) atoms. The van der Waals surface area contributed by atoms with Gasteiger partial charge in [0.25, 0.3) is 5.91 Å². The summed E-state index contributed by atoms with van der Waals surface area (Å²) >= 11 is 0. The quantitative estimate of drug-likeness (QED) is 0.332. The van der Waals surface area contributed by atoms with Gasteiger partial charge in [-0.2, -0.15) is 5.10 Å². The van der Waals surface area contributed by atoms with Gasteiger partial charge in [0, 0.05) is 32.0 Å². The first-order chi connectivity index (χ1) is 18.8. The van der Waals surface area contributed by atoms with Crippen molar-refractivity contribution >= 4 is 32.7 Å². The van der Waals surface area contributed by atoms with Gasteiger partial charge in [0.2, 0.25) is 10.0 Å². The van der Waals surface area contributed by atoms with E-state index in [2.05, 4.69) is 14.6 Å². The van der Waals surface area contributed by atoms with Crippen molar-refractivity contribution in [3.63, 3.8) is 0 Å². The van der Waals surface area contributed by atoms with Gasteiger partial charge in [0.05, 0.1) is 42.9 Å². The van der Waals surface area contributed by atoms with Gasteiger partial charge in [-0.15, -0.1) is 0 Å². The number of hydrogen-bond acceptors (Lipinski definition) is 9. The number of sulfonamides is 1. The zero-order valence-electron chi connectivity index (χ0n) is 22.1. The van der Waals surface area contributed by atoms with Crippen molar-refractivity contribution < 1.29 is 27.1 Å². The summed E-state index contributed by atoms with van der Waals surface area (Å²) in [5.74, 6) is -1.13. The average molecular weight is 554 g/mol. The van der Waals surface area contributed by atoms with E-state index in [1.165, 1.54) is 19.6 Å². The van der Waals surface area contributed by atoms with Gasteiger partial charge < -0.3 is 18.8 Å². The Morgan fingerprint density at radius 2 is 1.87 bits per heavy atom. The lowest BCUT2D eigenvalue weighted by Crippen LogP contribution is -2.36. The number of ether oxygens (including phenoxy) is 2. The number of carbonyl (C=O) groups excluding carboxylic acids is 1. The molecule has 12 heteroatoms. The molecule has 0 unspecified atom stereocenters. The molecule has 0 bridgehead atoms. The van der Waals surface area contributed by atoms with E-state index >= 15 is 0 Å². The van der Waals surface area contributed by atoms with Crippen LogP contribution >= 0.6 is 0 Å². The second-order valence-corrected chi connectivity index (χ2v) is 11.4. The molecule has 1 fully saturated rings. The standard InChI is InChI=1S/C27H31N5O6S/c1-18(2)25-24-22(19-4-6-20(7-5-19)31-9-12-37-13-10-31)16-23(27(33)30-39(34,35)15-14-36-3)28-26(24)32(29-25)21-8-11-38-17-21/h4-8,11,16-18H,9-10,12-15H2,1-3H3,(H,30,33). The van der Waals surface area contributed by atoms with Crippen molar-refractivity contribution in [2.45, 2.75) is 19.8 Å². The van der Waals surface area contributed by atoms with E-state index in [9.17, 15) is 13.2 Å². The van der Waals surface area contributed by atoms with Gasteiger partial charge in [-0.1, -0.05) is 26.0 Å². The van der Waals surface area contributed by atoms with Crippen LogP contribution in [0.4, 0.5) is 5.69 Å². The fraction of sp³-hybridized carbons (Fsp3) is 0.370. The number of rotatable bonds is 9. The number of nitrogens with zero attached hydrogens (tertiary/aromatic N) is 4. The minimum absolute atomic E-state index is 0.0408. The number of nitrogens with one attached hydrogen (secondary N) is 1. The van der Waals surface area contributed by atoms with Crippen LogP contribution in [-0.2, 0) is 19.5 Å². The number of hydrogen-bond donors (Lipinski definition) is 1. The van der Waals surface area contributed by atoms with Gasteiger partial charge >= 0.3 is 0 Å². The van der Waals surface area contributed by atoms with Gasteiger partial charge in [-0.05, 0) is 35.2 Å². The average Bonchev–Trinajstić information content (AvgIpc) is 3.60. The van der Waals surface area contributed by atoms with Crippen molar-refractivity contribution in [3.8, 4) is 16.8 Å². The molecule has 1 aromatic carbocycles. The molecule has 0 radical (unpaired) electrons. The Kier molecular flexibility index (Phi) is 7.69. The van der Waals surface area contributed by atoms with Gasteiger partial charge in [0.15, 0.2) is 5.65 Å². The molecule has 0 aliphatic carbocycles. The highest BCUT2D eigenvalue weighted by atomic mass is 32.2. The Hall–Kier alpha value is -3.74. The van der Waals surface area contributed by atoms with Crippen LogP contribution in [-0.4, -0.2) is 74.9 Å². The summed E-state index contributed by atoms with van der Waals surface area (Å²) in [6.07, 6.45) is 3.07. The second-order valence-electron chi connectivity index (χ2n) is 9.58. The molecule has 206 valence electrons. The summed E-state index contributed by atoms with van der Waals surface area (Å²) in [5, 5.41) is 5.61. The number of carbonyl (C=O) groups is 1. The first-order valence-corrected chi connectivity index (χ1v) is 14.4. The number of methoxy groups -OCH3 is 1. The van der Waals surface area contributed by atoms with E-state index in [1.807, 2.05) is 38.1 Å². The van der Waals surface area contributed by atoms with Crippen LogP contribution in [0.2, 0.25) is 0 Å². The van der Waals surface area contributed by atoms with Crippen LogP contribution in [0.15, 0.2) is 53.3 Å². The number of furan rings is 1. The van der Waals surface area contributed by atoms with Crippen LogP contribution in [0.1, 0.15) is 35.9 Å². The lowest BCUT2D eigenvalue weighted by molar-refractivity contribution is 0.0976.